The number of carboxylic acids is 1. The Morgan fingerprint density at radius 2 is 1.56 bits per heavy atom. The number of Topliss-reactive ketones (excluding diaryl/α,β-unsaturated/α-hetero) is 2. The predicted molar refractivity (Wildman–Crippen MR) is 93.6 cm³/mol. The Morgan fingerprint density at radius 1 is 1.00 bits per heavy atom. The summed E-state index contributed by atoms with van der Waals surface area (Å²) < 4.78 is 0. The third-order valence-electron chi connectivity index (χ3n) is 4.90. The Morgan fingerprint density at radius 3 is 2.08 bits per heavy atom. The molecule has 0 saturated carbocycles. The molecule has 1 saturated heterocycles. The van der Waals surface area contributed by atoms with Crippen LogP contribution in [0.15, 0.2) is 60.7 Å². The average molecular weight is 337 g/mol. The van der Waals surface area contributed by atoms with E-state index in [1.807, 2.05) is 36.4 Å². The predicted octanol–water partition coefficient (Wildman–Crippen LogP) is 2.66. The highest BCUT2D eigenvalue weighted by atomic mass is 16.4. The Bertz CT molecular complexity index is 803. The third-order valence-corrected chi connectivity index (χ3v) is 4.90. The topological polar surface area (TPSA) is 74.7 Å². The monoisotopic (exact) mass is 337 g/mol. The van der Waals surface area contributed by atoms with Crippen LogP contribution in [0.3, 0.4) is 0 Å². The summed E-state index contributed by atoms with van der Waals surface area (Å²) >= 11 is 0. The second-order valence-electron chi connectivity index (χ2n) is 6.31. The molecule has 2 aromatic rings. The van der Waals surface area contributed by atoms with Gasteiger partial charge in [-0.2, -0.15) is 0 Å². The first-order chi connectivity index (χ1) is 12.0. The first-order valence-corrected chi connectivity index (χ1v) is 8.13. The lowest BCUT2D eigenvalue weighted by Crippen LogP contribution is -2.58. The molecule has 2 unspecified atom stereocenters. The molecule has 3 rings (SSSR count). The van der Waals surface area contributed by atoms with Crippen LogP contribution in [0.4, 0.5) is 5.69 Å². The van der Waals surface area contributed by atoms with Crippen molar-refractivity contribution in [3.05, 3.63) is 66.2 Å². The Hall–Kier alpha value is -2.95. The van der Waals surface area contributed by atoms with Gasteiger partial charge >= 0.3 is 5.97 Å². The molecule has 1 aliphatic heterocycles. The highest BCUT2D eigenvalue weighted by Gasteiger charge is 2.57. The Kier molecular flexibility index (Phi) is 4.40. The van der Waals surface area contributed by atoms with E-state index in [1.165, 1.54) is 6.92 Å². The molecule has 5 nitrogen and oxygen atoms in total. The number of carbonyl (C=O) groups is 3. The van der Waals surface area contributed by atoms with Gasteiger partial charge in [0.25, 0.3) is 5.78 Å². The van der Waals surface area contributed by atoms with Crippen LogP contribution in [0.2, 0.25) is 0 Å². The smallest absolute Gasteiger partial charge is 0.375 e. The van der Waals surface area contributed by atoms with Gasteiger partial charge in [-0.25, -0.2) is 4.79 Å². The maximum atomic E-state index is 12.6. The van der Waals surface area contributed by atoms with Gasteiger partial charge in [0.2, 0.25) is 0 Å². The van der Waals surface area contributed by atoms with Gasteiger partial charge in [-0.3, -0.25) is 9.59 Å². The number of nitrogens with zero attached hydrogens (tertiary/aromatic N) is 1. The molecule has 1 fully saturated rings. The lowest BCUT2D eigenvalue weighted by atomic mass is 9.82. The minimum absolute atomic E-state index is 0.103. The maximum absolute atomic E-state index is 12.6. The maximum Gasteiger partial charge on any atom is 0.375 e. The highest BCUT2D eigenvalue weighted by Crippen LogP contribution is 2.43. The second-order valence-corrected chi connectivity index (χ2v) is 6.31. The van der Waals surface area contributed by atoms with E-state index in [9.17, 15) is 19.5 Å². The normalized spacial score (nSPS) is 22.6. The number of rotatable bonds is 5. The molecule has 128 valence electrons. The van der Waals surface area contributed by atoms with Crippen LogP contribution in [-0.4, -0.2) is 34.7 Å². The lowest BCUT2D eigenvalue weighted by Gasteiger charge is -2.35. The van der Waals surface area contributed by atoms with Gasteiger partial charge in [0.05, 0.1) is 0 Å². The van der Waals surface area contributed by atoms with Crippen LogP contribution in [0.5, 0.6) is 0 Å². The largest absolute Gasteiger partial charge is 0.475 e. The number of hydrogen-bond acceptors (Lipinski definition) is 4. The number of anilines is 1. The number of benzene rings is 2. The molecular weight excluding hydrogens is 318 g/mol. The SMILES string of the molecule is CC(=O)C1(C(=O)C(=O)O)CC(c2ccccc2)CN1c1ccccc1. The van der Waals surface area contributed by atoms with E-state index in [-0.39, 0.29) is 12.3 Å². The summed E-state index contributed by atoms with van der Waals surface area (Å²) in [7, 11) is 0. The zero-order valence-electron chi connectivity index (χ0n) is 13.9. The number of ketones is 2. The summed E-state index contributed by atoms with van der Waals surface area (Å²) in [6, 6.07) is 18.6. The van der Waals surface area contributed by atoms with E-state index in [0.29, 0.717) is 12.2 Å². The minimum atomic E-state index is -1.67. The van der Waals surface area contributed by atoms with E-state index in [1.54, 1.807) is 29.2 Å². The molecule has 1 aliphatic rings. The average Bonchev–Trinajstić information content (AvgIpc) is 3.04. The van der Waals surface area contributed by atoms with Crippen molar-refractivity contribution in [2.24, 2.45) is 0 Å². The minimum Gasteiger partial charge on any atom is -0.475 e. The van der Waals surface area contributed by atoms with Crippen LogP contribution in [0.25, 0.3) is 0 Å². The number of para-hydroxylation sites is 1. The second kappa shape index (κ2) is 6.51. The zero-order chi connectivity index (χ0) is 18.0. The molecule has 1 N–H and O–H groups in total. The summed E-state index contributed by atoms with van der Waals surface area (Å²) in [6.45, 7) is 1.71. The molecule has 5 heteroatoms. The number of carbonyl (C=O) groups excluding carboxylic acids is 2. The first-order valence-electron chi connectivity index (χ1n) is 8.13. The van der Waals surface area contributed by atoms with E-state index in [0.717, 1.165) is 5.56 Å². The van der Waals surface area contributed by atoms with Crippen molar-refractivity contribution >= 4 is 23.2 Å². The molecule has 0 aliphatic carbocycles. The molecule has 25 heavy (non-hydrogen) atoms. The Labute approximate surface area is 145 Å². The van der Waals surface area contributed by atoms with Crippen molar-refractivity contribution in [1.29, 1.82) is 0 Å². The van der Waals surface area contributed by atoms with Crippen molar-refractivity contribution in [3.63, 3.8) is 0 Å². The van der Waals surface area contributed by atoms with Gasteiger partial charge in [-0.1, -0.05) is 48.5 Å². The van der Waals surface area contributed by atoms with Crippen molar-refractivity contribution in [2.45, 2.75) is 24.8 Å². The van der Waals surface area contributed by atoms with Gasteiger partial charge in [0.1, 0.15) is 0 Å². The quantitative estimate of drug-likeness (QED) is 0.671. The van der Waals surface area contributed by atoms with Crippen LogP contribution < -0.4 is 4.90 Å². The van der Waals surface area contributed by atoms with Crippen LogP contribution in [0.1, 0.15) is 24.8 Å². The fraction of sp³-hybridized carbons (Fsp3) is 0.250. The fourth-order valence-corrected chi connectivity index (χ4v) is 3.68. The highest BCUT2D eigenvalue weighted by molar-refractivity contribution is 6.43. The molecule has 0 spiro atoms. The first kappa shape index (κ1) is 16.9. The van der Waals surface area contributed by atoms with Gasteiger partial charge < -0.3 is 10.0 Å². The number of carboxylic acid groups (broad SMARTS) is 1. The molecular formula is C20H19NO4. The van der Waals surface area contributed by atoms with Crippen molar-refractivity contribution in [2.75, 3.05) is 11.4 Å². The van der Waals surface area contributed by atoms with Crippen molar-refractivity contribution in [3.8, 4) is 0 Å². The van der Waals surface area contributed by atoms with E-state index < -0.39 is 23.1 Å². The van der Waals surface area contributed by atoms with Crippen LogP contribution in [-0.2, 0) is 14.4 Å². The molecule has 0 radical (unpaired) electrons. The summed E-state index contributed by atoms with van der Waals surface area (Å²) in [5.41, 5.74) is -0.0104. The summed E-state index contributed by atoms with van der Waals surface area (Å²) in [6.07, 6.45) is 0.159. The van der Waals surface area contributed by atoms with E-state index >= 15 is 0 Å². The molecule has 1 heterocycles. The van der Waals surface area contributed by atoms with E-state index in [4.69, 9.17) is 0 Å². The Balaban J connectivity index is 2.12. The summed E-state index contributed by atoms with van der Waals surface area (Å²) in [5.74, 6) is -3.19. The molecule has 2 aromatic carbocycles. The number of hydrogen-bond donors (Lipinski definition) is 1. The van der Waals surface area contributed by atoms with Gasteiger partial charge in [0, 0.05) is 18.2 Å². The standard InChI is InChI=1S/C20H19NO4/c1-14(22)20(18(23)19(24)25)12-16(15-8-4-2-5-9-15)13-21(20)17-10-6-3-7-11-17/h2-11,16H,12-13H2,1H3,(H,24,25). The van der Waals surface area contributed by atoms with Crippen molar-refractivity contribution in [1.82, 2.24) is 0 Å². The number of aliphatic carboxylic acids is 1. The summed E-state index contributed by atoms with van der Waals surface area (Å²) in [5, 5.41) is 9.35. The third kappa shape index (κ3) is 2.82. The zero-order valence-corrected chi connectivity index (χ0v) is 13.9. The molecule has 0 aromatic heterocycles. The lowest BCUT2D eigenvalue weighted by molar-refractivity contribution is -0.153. The summed E-state index contributed by atoms with van der Waals surface area (Å²) in [4.78, 5) is 38.3. The molecule has 0 bridgehead atoms. The van der Waals surface area contributed by atoms with Crippen LogP contribution in [0, 0.1) is 0 Å². The van der Waals surface area contributed by atoms with Gasteiger partial charge in [-0.05, 0) is 31.0 Å². The van der Waals surface area contributed by atoms with Gasteiger partial charge in [-0.15, -0.1) is 0 Å². The van der Waals surface area contributed by atoms with E-state index in [2.05, 4.69) is 0 Å². The van der Waals surface area contributed by atoms with Gasteiger partial charge in [0.15, 0.2) is 11.3 Å². The molecule has 2 atom stereocenters. The fourth-order valence-electron chi connectivity index (χ4n) is 3.68. The van der Waals surface area contributed by atoms with Crippen LogP contribution >= 0.6 is 0 Å². The van der Waals surface area contributed by atoms with Crippen molar-refractivity contribution < 1.29 is 19.5 Å². The molecule has 0 amide bonds.